The average Bonchev–Trinajstić information content (AvgIpc) is 2.40. The largest absolute Gasteiger partial charge is 0.381 e. The molecular weight excluding hydrogens is 365 g/mol. The molecule has 2 aliphatic rings. The molecule has 0 unspecified atom stereocenters. The Kier molecular flexibility index (Phi) is 8.84. The van der Waals surface area contributed by atoms with Crippen LogP contribution in [0.25, 0.3) is 0 Å². The molecule has 1 aliphatic heterocycles. The summed E-state index contributed by atoms with van der Waals surface area (Å²) in [6.45, 7) is 4.08. The van der Waals surface area contributed by atoms with Crippen LogP contribution >= 0.6 is 24.0 Å². The Balaban J connectivity index is 0.00000200. The molecule has 118 valence electrons. The number of hydrogen-bond donors (Lipinski definition) is 1. The zero-order valence-electron chi connectivity index (χ0n) is 12.9. The number of ether oxygens (including phenoxy) is 1. The topological polar surface area (TPSA) is 36.9 Å². The van der Waals surface area contributed by atoms with Crippen molar-refractivity contribution in [2.24, 2.45) is 16.8 Å². The van der Waals surface area contributed by atoms with Crippen molar-refractivity contribution in [1.82, 2.24) is 10.2 Å². The predicted octanol–water partition coefficient (Wildman–Crippen LogP) is 2.73. The second-order valence-electron chi connectivity index (χ2n) is 5.99. The summed E-state index contributed by atoms with van der Waals surface area (Å²) in [5.74, 6) is 2.76. The molecular formula is C15H30IN3O. The third-order valence-electron chi connectivity index (χ3n) is 4.56. The van der Waals surface area contributed by atoms with Crippen LogP contribution in [-0.2, 0) is 4.74 Å². The molecule has 0 spiro atoms. The normalized spacial score (nSPS) is 21.0. The predicted molar refractivity (Wildman–Crippen MR) is 94.9 cm³/mol. The van der Waals surface area contributed by atoms with E-state index in [4.69, 9.17) is 4.74 Å². The van der Waals surface area contributed by atoms with Gasteiger partial charge < -0.3 is 15.0 Å². The van der Waals surface area contributed by atoms with Crippen molar-refractivity contribution in [3.8, 4) is 0 Å². The summed E-state index contributed by atoms with van der Waals surface area (Å²) in [5.41, 5.74) is 0. The minimum atomic E-state index is 0. The van der Waals surface area contributed by atoms with Crippen molar-refractivity contribution in [2.75, 3.05) is 40.4 Å². The maximum absolute atomic E-state index is 5.41. The number of nitrogens with zero attached hydrogens (tertiary/aromatic N) is 2. The molecule has 0 atom stereocenters. The first-order chi connectivity index (χ1) is 9.29. The van der Waals surface area contributed by atoms with Gasteiger partial charge in [-0.05, 0) is 43.9 Å². The SMILES string of the molecule is CN=C(NCC1CCC1)N(C)CCC1CCOCC1.I. The lowest BCUT2D eigenvalue weighted by Crippen LogP contribution is -2.42. The van der Waals surface area contributed by atoms with Crippen molar-refractivity contribution in [1.29, 1.82) is 0 Å². The van der Waals surface area contributed by atoms with Gasteiger partial charge in [0, 0.05) is 40.4 Å². The molecule has 1 N–H and O–H groups in total. The second kappa shape index (κ2) is 9.82. The summed E-state index contributed by atoms with van der Waals surface area (Å²) in [7, 11) is 4.03. The number of aliphatic imine (C=N–C) groups is 1. The van der Waals surface area contributed by atoms with Gasteiger partial charge >= 0.3 is 0 Å². The average molecular weight is 395 g/mol. The highest BCUT2D eigenvalue weighted by molar-refractivity contribution is 14.0. The number of hydrogen-bond acceptors (Lipinski definition) is 2. The monoisotopic (exact) mass is 395 g/mol. The lowest BCUT2D eigenvalue weighted by Gasteiger charge is -2.30. The number of nitrogens with one attached hydrogen (secondary N) is 1. The first-order valence-corrected chi connectivity index (χ1v) is 7.79. The molecule has 2 fully saturated rings. The van der Waals surface area contributed by atoms with E-state index in [2.05, 4.69) is 22.3 Å². The van der Waals surface area contributed by atoms with E-state index < -0.39 is 0 Å². The molecule has 1 saturated carbocycles. The Morgan fingerprint density at radius 2 is 1.90 bits per heavy atom. The number of rotatable bonds is 5. The third kappa shape index (κ3) is 5.76. The van der Waals surface area contributed by atoms with Gasteiger partial charge in [-0.25, -0.2) is 0 Å². The summed E-state index contributed by atoms with van der Waals surface area (Å²) in [4.78, 5) is 6.66. The Morgan fingerprint density at radius 3 is 2.45 bits per heavy atom. The molecule has 0 amide bonds. The highest BCUT2D eigenvalue weighted by atomic mass is 127. The molecule has 1 saturated heterocycles. The highest BCUT2D eigenvalue weighted by Crippen LogP contribution is 2.25. The molecule has 0 aromatic heterocycles. The summed E-state index contributed by atoms with van der Waals surface area (Å²) in [5, 5.41) is 3.51. The van der Waals surface area contributed by atoms with Gasteiger partial charge in [0.1, 0.15) is 0 Å². The fourth-order valence-electron chi connectivity index (χ4n) is 2.83. The van der Waals surface area contributed by atoms with Gasteiger partial charge in [0.25, 0.3) is 0 Å². The van der Waals surface area contributed by atoms with E-state index >= 15 is 0 Å². The fraction of sp³-hybridized carbons (Fsp3) is 0.933. The Morgan fingerprint density at radius 1 is 1.20 bits per heavy atom. The maximum Gasteiger partial charge on any atom is 0.193 e. The fourth-order valence-corrected chi connectivity index (χ4v) is 2.83. The molecule has 0 bridgehead atoms. The van der Waals surface area contributed by atoms with E-state index in [0.29, 0.717) is 0 Å². The van der Waals surface area contributed by atoms with Crippen LogP contribution in [0.4, 0.5) is 0 Å². The van der Waals surface area contributed by atoms with Crippen molar-refractivity contribution >= 4 is 29.9 Å². The summed E-state index contributed by atoms with van der Waals surface area (Å²) < 4.78 is 5.41. The summed E-state index contributed by atoms with van der Waals surface area (Å²) >= 11 is 0. The van der Waals surface area contributed by atoms with Crippen molar-refractivity contribution in [3.05, 3.63) is 0 Å². The Bertz CT molecular complexity index is 289. The molecule has 1 aliphatic carbocycles. The van der Waals surface area contributed by atoms with Crippen LogP contribution in [0.15, 0.2) is 4.99 Å². The Hall–Kier alpha value is -0.0400. The molecule has 1 heterocycles. The van der Waals surface area contributed by atoms with Gasteiger partial charge in [0.05, 0.1) is 0 Å². The van der Waals surface area contributed by atoms with E-state index in [1.807, 2.05) is 7.05 Å². The molecule has 4 nitrogen and oxygen atoms in total. The molecule has 0 aromatic carbocycles. The standard InChI is InChI=1S/C15H29N3O.HI/c1-16-15(17-12-14-4-3-5-14)18(2)9-6-13-7-10-19-11-8-13;/h13-14H,3-12H2,1-2H3,(H,16,17);1H. The smallest absolute Gasteiger partial charge is 0.193 e. The first-order valence-electron chi connectivity index (χ1n) is 7.79. The molecule has 20 heavy (non-hydrogen) atoms. The van der Waals surface area contributed by atoms with Gasteiger partial charge in [-0.15, -0.1) is 24.0 Å². The van der Waals surface area contributed by atoms with Gasteiger partial charge in [0.15, 0.2) is 5.96 Å². The van der Waals surface area contributed by atoms with Crippen molar-refractivity contribution in [3.63, 3.8) is 0 Å². The minimum Gasteiger partial charge on any atom is -0.381 e. The van der Waals surface area contributed by atoms with Crippen LogP contribution in [0.5, 0.6) is 0 Å². The van der Waals surface area contributed by atoms with Crippen molar-refractivity contribution in [2.45, 2.75) is 38.5 Å². The van der Waals surface area contributed by atoms with E-state index in [1.165, 1.54) is 38.5 Å². The molecule has 0 radical (unpaired) electrons. The zero-order valence-corrected chi connectivity index (χ0v) is 15.3. The van der Waals surface area contributed by atoms with Gasteiger partial charge in [-0.3, -0.25) is 4.99 Å². The van der Waals surface area contributed by atoms with Crippen LogP contribution < -0.4 is 5.32 Å². The van der Waals surface area contributed by atoms with Crippen LogP contribution in [0.3, 0.4) is 0 Å². The Labute approximate surface area is 140 Å². The van der Waals surface area contributed by atoms with Crippen LogP contribution in [-0.4, -0.2) is 51.3 Å². The minimum absolute atomic E-state index is 0. The highest BCUT2D eigenvalue weighted by Gasteiger charge is 2.19. The number of guanidine groups is 1. The van der Waals surface area contributed by atoms with Crippen molar-refractivity contribution < 1.29 is 4.74 Å². The third-order valence-corrected chi connectivity index (χ3v) is 4.56. The maximum atomic E-state index is 5.41. The van der Waals surface area contributed by atoms with Crippen LogP contribution in [0.2, 0.25) is 0 Å². The first kappa shape index (κ1) is 18.0. The van der Waals surface area contributed by atoms with Crippen LogP contribution in [0.1, 0.15) is 38.5 Å². The summed E-state index contributed by atoms with van der Waals surface area (Å²) in [6.07, 6.45) is 7.88. The van der Waals surface area contributed by atoms with E-state index in [0.717, 1.165) is 44.1 Å². The van der Waals surface area contributed by atoms with E-state index in [9.17, 15) is 0 Å². The lowest BCUT2D eigenvalue weighted by atomic mass is 9.85. The van der Waals surface area contributed by atoms with E-state index in [1.54, 1.807) is 0 Å². The zero-order chi connectivity index (χ0) is 13.5. The summed E-state index contributed by atoms with van der Waals surface area (Å²) in [6, 6.07) is 0. The number of halogens is 1. The van der Waals surface area contributed by atoms with Gasteiger partial charge in [-0.2, -0.15) is 0 Å². The molecule has 5 heteroatoms. The molecule has 0 aromatic rings. The lowest BCUT2D eigenvalue weighted by molar-refractivity contribution is 0.0625. The quantitative estimate of drug-likeness (QED) is 0.442. The van der Waals surface area contributed by atoms with Gasteiger partial charge in [-0.1, -0.05) is 6.42 Å². The van der Waals surface area contributed by atoms with Crippen LogP contribution in [0, 0.1) is 11.8 Å². The molecule has 2 rings (SSSR count). The van der Waals surface area contributed by atoms with E-state index in [-0.39, 0.29) is 24.0 Å². The van der Waals surface area contributed by atoms with Gasteiger partial charge in [0.2, 0.25) is 0 Å². The second-order valence-corrected chi connectivity index (χ2v) is 5.99.